The van der Waals surface area contributed by atoms with Gasteiger partial charge in [-0.2, -0.15) is 11.8 Å². The number of nitro benzene ring substituents is 1. The zero-order valence-corrected chi connectivity index (χ0v) is 12.4. The van der Waals surface area contributed by atoms with Crippen molar-refractivity contribution in [2.24, 2.45) is 5.92 Å². The van der Waals surface area contributed by atoms with Gasteiger partial charge < -0.3 is 5.32 Å². The summed E-state index contributed by atoms with van der Waals surface area (Å²) in [6.07, 6.45) is 4.07. The van der Waals surface area contributed by atoms with Gasteiger partial charge in [-0.3, -0.25) is 10.1 Å². The molecule has 5 nitrogen and oxygen atoms in total. The van der Waals surface area contributed by atoms with Crippen molar-refractivity contribution in [2.75, 3.05) is 23.4 Å². The molecule has 0 unspecified atom stereocenters. The molecule has 0 amide bonds. The zero-order valence-electron chi connectivity index (χ0n) is 11.6. The first-order chi connectivity index (χ1) is 10.3. The Hall–Kier alpha value is -1.82. The highest BCUT2D eigenvalue weighted by Gasteiger charge is 2.17. The molecule has 0 spiro atoms. The first-order valence-corrected chi connectivity index (χ1v) is 8.25. The third-order valence-electron chi connectivity index (χ3n) is 3.87. The maximum Gasteiger partial charge on any atom is 0.295 e. The molecule has 0 aliphatic carbocycles. The standard InChI is InChI=1S/C15H17N3O2S/c19-18(20)14-4-3-13(12-2-1-7-16-15(12)14)17-10-11-5-8-21-9-6-11/h1-4,7,11,17H,5-6,8-10H2. The highest BCUT2D eigenvalue weighted by molar-refractivity contribution is 7.99. The molecule has 1 saturated heterocycles. The Morgan fingerprint density at radius 1 is 1.33 bits per heavy atom. The first kappa shape index (κ1) is 14.1. The van der Waals surface area contributed by atoms with Gasteiger partial charge in [-0.15, -0.1) is 0 Å². The van der Waals surface area contributed by atoms with E-state index in [0.29, 0.717) is 11.4 Å². The molecular weight excluding hydrogens is 286 g/mol. The van der Waals surface area contributed by atoms with Crippen molar-refractivity contribution >= 4 is 34.0 Å². The molecule has 0 radical (unpaired) electrons. The van der Waals surface area contributed by atoms with Gasteiger partial charge in [0.25, 0.3) is 5.69 Å². The quantitative estimate of drug-likeness (QED) is 0.689. The minimum Gasteiger partial charge on any atom is -0.384 e. The van der Waals surface area contributed by atoms with Crippen LogP contribution in [0.2, 0.25) is 0 Å². The van der Waals surface area contributed by atoms with E-state index in [0.717, 1.165) is 17.6 Å². The molecule has 1 aliphatic rings. The van der Waals surface area contributed by atoms with Gasteiger partial charge in [-0.25, -0.2) is 4.98 Å². The fourth-order valence-electron chi connectivity index (χ4n) is 2.66. The summed E-state index contributed by atoms with van der Waals surface area (Å²) in [7, 11) is 0. The summed E-state index contributed by atoms with van der Waals surface area (Å²) in [6.45, 7) is 0.919. The number of nitrogens with zero attached hydrogens (tertiary/aromatic N) is 2. The number of aromatic nitrogens is 1. The Labute approximate surface area is 127 Å². The van der Waals surface area contributed by atoms with Gasteiger partial charge in [0, 0.05) is 29.9 Å². The number of nitrogens with one attached hydrogen (secondary N) is 1. The minimum atomic E-state index is -0.378. The Bertz CT molecular complexity index is 656. The van der Waals surface area contributed by atoms with Gasteiger partial charge >= 0.3 is 0 Å². The number of fused-ring (bicyclic) bond motifs is 1. The highest BCUT2D eigenvalue weighted by Crippen LogP contribution is 2.30. The molecule has 1 aromatic heterocycles. The predicted molar refractivity (Wildman–Crippen MR) is 86.9 cm³/mol. The summed E-state index contributed by atoms with van der Waals surface area (Å²) >= 11 is 2.02. The Kier molecular flexibility index (Phi) is 4.24. The van der Waals surface area contributed by atoms with Crippen LogP contribution in [0.1, 0.15) is 12.8 Å². The molecule has 1 fully saturated rings. The van der Waals surface area contributed by atoms with Gasteiger partial charge in [0.15, 0.2) is 0 Å². The molecular formula is C15H17N3O2S. The predicted octanol–water partition coefficient (Wildman–Crippen LogP) is 3.70. The van der Waals surface area contributed by atoms with E-state index in [1.165, 1.54) is 30.4 Å². The van der Waals surface area contributed by atoms with Crippen LogP contribution in [0.15, 0.2) is 30.5 Å². The van der Waals surface area contributed by atoms with Crippen LogP contribution in [0, 0.1) is 16.0 Å². The first-order valence-electron chi connectivity index (χ1n) is 7.09. The lowest BCUT2D eigenvalue weighted by atomic mass is 10.0. The molecule has 0 bridgehead atoms. The number of benzene rings is 1. The van der Waals surface area contributed by atoms with Gasteiger partial charge in [-0.05, 0) is 48.5 Å². The van der Waals surface area contributed by atoms with Crippen molar-refractivity contribution in [3.8, 4) is 0 Å². The van der Waals surface area contributed by atoms with E-state index >= 15 is 0 Å². The monoisotopic (exact) mass is 303 g/mol. The van der Waals surface area contributed by atoms with Crippen LogP contribution in [0.3, 0.4) is 0 Å². The average molecular weight is 303 g/mol. The maximum atomic E-state index is 11.1. The SMILES string of the molecule is O=[N+]([O-])c1ccc(NCC2CCSCC2)c2cccnc12. The lowest BCUT2D eigenvalue weighted by Gasteiger charge is -2.22. The maximum absolute atomic E-state index is 11.1. The van der Waals surface area contributed by atoms with Gasteiger partial charge in [0.2, 0.25) is 0 Å². The fraction of sp³-hybridized carbons (Fsp3) is 0.400. The number of anilines is 1. The normalized spacial score (nSPS) is 16.0. The molecule has 6 heteroatoms. The number of nitro groups is 1. The molecule has 1 N–H and O–H groups in total. The van der Waals surface area contributed by atoms with Crippen molar-refractivity contribution in [2.45, 2.75) is 12.8 Å². The zero-order chi connectivity index (χ0) is 14.7. The molecule has 21 heavy (non-hydrogen) atoms. The van der Waals surface area contributed by atoms with E-state index in [1.54, 1.807) is 12.3 Å². The smallest absolute Gasteiger partial charge is 0.295 e. The second-order valence-corrected chi connectivity index (χ2v) is 6.45. The van der Waals surface area contributed by atoms with Crippen molar-refractivity contribution in [1.29, 1.82) is 0 Å². The Balaban J connectivity index is 1.85. The second kappa shape index (κ2) is 6.30. The summed E-state index contributed by atoms with van der Waals surface area (Å²) < 4.78 is 0. The number of non-ortho nitro benzene ring substituents is 1. The van der Waals surface area contributed by atoms with Crippen LogP contribution >= 0.6 is 11.8 Å². The fourth-order valence-corrected chi connectivity index (χ4v) is 3.87. The topological polar surface area (TPSA) is 68.1 Å². The van der Waals surface area contributed by atoms with Crippen molar-refractivity contribution in [3.63, 3.8) is 0 Å². The van der Waals surface area contributed by atoms with Crippen molar-refractivity contribution in [1.82, 2.24) is 4.98 Å². The van der Waals surface area contributed by atoms with Crippen molar-refractivity contribution in [3.05, 3.63) is 40.6 Å². The summed E-state index contributed by atoms with van der Waals surface area (Å²) in [5.41, 5.74) is 1.44. The second-order valence-electron chi connectivity index (χ2n) is 5.23. The number of thioether (sulfide) groups is 1. The van der Waals surface area contributed by atoms with Crippen molar-refractivity contribution < 1.29 is 4.92 Å². The number of rotatable bonds is 4. The third-order valence-corrected chi connectivity index (χ3v) is 4.92. The number of pyridine rings is 1. The van der Waals surface area contributed by atoms with Crippen LogP contribution < -0.4 is 5.32 Å². The molecule has 2 heterocycles. The summed E-state index contributed by atoms with van der Waals surface area (Å²) in [4.78, 5) is 14.9. The Morgan fingerprint density at radius 3 is 2.90 bits per heavy atom. The highest BCUT2D eigenvalue weighted by atomic mass is 32.2. The lowest BCUT2D eigenvalue weighted by Crippen LogP contribution is -2.19. The van der Waals surface area contributed by atoms with E-state index in [4.69, 9.17) is 0 Å². The largest absolute Gasteiger partial charge is 0.384 e. The average Bonchev–Trinajstić information content (AvgIpc) is 2.53. The number of hydrogen-bond acceptors (Lipinski definition) is 5. The molecule has 1 aromatic carbocycles. The Morgan fingerprint density at radius 2 is 2.14 bits per heavy atom. The molecule has 3 rings (SSSR count). The van der Waals surface area contributed by atoms with E-state index in [-0.39, 0.29) is 10.6 Å². The van der Waals surface area contributed by atoms with Gasteiger partial charge in [0.05, 0.1) is 4.92 Å². The molecule has 110 valence electrons. The van der Waals surface area contributed by atoms with Crippen LogP contribution in [-0.2, 0) is 0 Å². The van der Waals surface area contributed by atoms with Crippen LogP contribution in [0.5, 0.6) is 0 Å². The molecule has 0 atom stereocenters. The summed E-state index contributed by atoms with van der Waals surface area (Å²) in [6, 6.07) is 7.02. The van der Waals surface area contributed by atoms with E-state index in [2.05, 4.69) is 10.3 Å². The lowest BCUT2D eigenvalue weighted by molar-refractivity contribution is -0.383. The minimum absolute atomic E-state index is 0.0604. The molecule has 2 aromatic rings. The van der Waals surface area contributed by atoms with E-state index < -0.39 is 0 Å². The van der Waals surface area contributed by atoms with Gasteiger partial charge in [0.1, 0.15) is 5.52 Å². The third kappa shape index (κ3) is 3.10. The van der Waals surface area contributed by atoms with Gasteiger partial charge in [-0.1, -0.05) is 0 Å². The summed E-state index contributed by atoms with van der Waals surface area (Å²) in [5.74, 6) is 3.15. The van der Waals surface area contributed by atoms with Crippen LogP contribution in [0.4, 0.5) is 11.4 Å². The van der Waals surface area contributed by atoms with E-state index in [9.17, 15) is 10.1 Å². The molecule has 1 aliphatic heterocycles. The summed E-state index contributed by atoms with van der Waals surface area (Å²) in [5, 5.41) is 15.3. The van der Waals surface area contributed by atoms with E-state index in [1.807, 2.05) is 23.9 Å². The van der Waals surface area contributed by atoms with Crippen LogP contribution in [-0.4, -0.2) is 28.0 Å². The molecule has 0 saturated carbocycles. The number of hydrogen-bond donors (Lipinski definition) is 1. The van der Waals surface area contributed by atoms with Crippen LogP contribution in [0.25, 0.3) is 10.9 Å².